The Morgan fingerprint density at radius 1 is 1.23 bits per heavy atom. The van der Waals surface area contributed by atoms with Crippen LogP contribution in [-0.2, 0) is 9.47 Å². The van der Waals surface area contributed by atoms with E-state index in [1.54, 1.807) is 0 Å². The minimum atomic E-state index is -0.519. The van der Waals surface area contributed by atoms with Crippen molar-refractivity contribution in [1.82, 2.24) is 5.32 Å². The lowest BCUT2D eigenvalue weighted by atomic mass is 10.4. The van der Waals surface area contributed by atoms with Gasteiger partial charge < -0.3 is 20.5 Å². The first-order valence-corrected chi connectivity index (χ1v) is 4.81. The molecule has 13 heavy (non-hydrogen) atoms. The first-order valence-electron chi connectivity index (χ1n) is 4.81. The average molecular weight is 190 g/mol. The van der Waals surface area contributed by atoms with Crippen molar-refractivity contribution in [2.24, 2.45) is 5.73 Å². The van der Waals surface area contributed by atoms with E-state index in [4.69, 9.17) is 15.2 Å². The van der Waals surface area contributed by atoms with Crippen LogP contribution in [0.4, 0.5) is 0 Å². The monoisotopic (exact) mass is 190 g/mol. The van der Waals surface area contributed by atoms with Crippen molar-refractivity contribution >= 4 is 0 Å². The molecule has 0 unspecified atom stereocenters. The van der Waals surface area contributed by atoms with Gasteiger partial charge in [0.15, 0.2) is 5.79 Å². The molecule has 4 heteroatoms. The summed E-state index contributed by atoms with van der Waals surface area (Å²) in [4.78, 5) is 0. The Hall–Kier alpha value is -0.160. The van der Waals surface area contributed by atoms with Crippen LogP contribution in [0.3, 0.4) is 0 Å². The van der Waals surface area contributed by atoms with Crippen LogP contribution in [0.25, 0.3) is 0 Å². The Kier molecular flexibility index (Phi) is 7.17. The van der Waals surface area contributed by atoms with E-state index in [-0.39, 0.29) is 0 Å². The predicted octanol–water partition coefficient (Wildman–Crippen LogP) is 0.324. The van der Waals surface area contributed by atoms with Gasteiger partial charge in [-0.1, -0.05) is 6.92 Å². The molecule has 0 aromatic rings. The third-order valence-electron chi connectivity index (χ3n) is 1.55. The summed E-state index contributed by atoms with van der Waals surface area (Å²) in [5.74, 6) is -0.519. The van der Waals surface area contributed by atoms with Crippen LogP contribution in [-0.4, -0.2) is 38.6 Å². The van der Waals surface area contributed by atoms with Crippen molar-refractivity contribution in [2.75, 3.05) is 32.8 Å². The van der Waals surface area contributed by atoms with Crippen molar-refractivity contribution in [3.05, 3.63) is 0 Å². The van der Waals surface area contributed by atoms with Gasteiger partial charge in [0.1, 0.15) is 0 Å². The maximum absolute atomic E-state index is 5.49. The minimum absolute atomic E-state index is 0.519. The maximum Gasteiger partial charge on any atom is 0.162 e. The van der Waals surface area contributed by atoms with Crippen molar-refractivity contribution in [3.8, 4) is 0 Å². The topological polar surface area (TPSA) is 56.5 Å². The molecule has 0 spiro atoms. The molecule has 0 rings (SSSR count). The van der Waals surface area contributed by atoms with Crippen molar-refractivity contribution in [3.63, 3.8) is 0 Å². The van der Waals surface area contributed by atoms with E-state index < -0.39 is 5.79 Å². The molecular weight excluding hydrogens is 168 g/mol. The second-order valence-electron chi connectivity index (χ2n) is 3.24. The zero-order valence-electron chi connectivity index (χ0n) is 8.93. The average Bonchev–Trinajstić information content (AvgIpc) is 2.09. The molecule has 0 aliphatic carbocycles. The van der Waals surface area contributed by atoms with Gasteiger partial charge in [-0.15, -0.1) is 0 Å². The summed E-state index contributed by atoms with van der Waals surface area (Å²) < 4.78 is 10.9. The van der Waals surface area contributed by atoms with Gasteiger partial charge in [0.05, 0.1) is 13.2 Å². The molecule has 0 aromatic heterocycles. The molecule has 0 aliphatic rings. The second kappa shape index (κ2) is 7.26. The molecule has 0 aliphatic heterocycles. The van der Waals surface area contributed by atoms with Crippen LogP contribution >= 0.6 is 0 Å². The summed E-state index contributed by atoms with van der Waals surface area (Å²) in [7, 11) is 0. The first-order chi connectivity index (χ1) is 6.12. The molecular formula is C9H22N2O2. The number of ether oxygens (including phenoxy) is 2. The highest BCUT2D eigenvalue weighted by Gasteiger charge is 2.17. The Morgan fingerprint density at radius 2 is 1.85 bits per heavy atom. The standard InChI is InChI=1S/C9H22N2O2/c1-4-11-6-8-13-9(2,3)12-7-5-10/h11H,4-8,10H2,1-3H3. The van der Waals surface area contributed by atoms with Gasteiger partial charge in [-0.2, -0.15) is 0 Å². The zero-order valence-corrected chi connectivity index (χ0v) is 8.93. The summed E-state index contributed by atoms with van der Waals surface area (Å²) in [5.41, 5.74) is 5.32. The Morgan fingerprint density at radius 3 is 2.38 bits per heavy atom. The molecule has 0 heterocycles. The largest absolute Gasteiger partial charge is 0.349 e. The van der Waals surface area contributed by atoms with Crippen LogP contribution in [0.5, 0.6) is 0 Å². The van der Waals surface area contributed by atoms with E-state index in [0.29, 0.717) is 19.8 Å². The molecule has 0 fully saturated rings. The Bertz CT molecular complexity index is 118. The quantitative estimate of drug-likeness (QED) is 0.427. The number of hydrogen-bond donors (Lipinski definition) is 2. The second-order valence-corrected chi connectivity index (χ2v) is 3.24. The van der Waals surface area contributed by atoms with Gasteiger partial charge in [0, 0.05) is 13.1 Å². The molecule has 0 saturated heterocycles. The molecule has 3 N–H and O–H groups in total. The summed E-state index contributed by atoms with van der Waals surface area (Å²) in [6.45, 7) is 9.40. The molecule has 0 amide bonds. The van der Waals surface area contributed by atoms with Gasteiger partial charge >= 0.3 is 0 Å². The van der Waals surface area contributed by atoms with Crippen LogP contribution in [0, 0.1) is 0 Å². The lowest BCUT2D eigenvalue weighted by Crippen LogP contribution is -2.33. The normalized spacial score (nSPS) is 12.0. The Labute approximate surface area is 80.8 Å². The van der Waals surface area contributed by atoms with Crippen LogP contribution in [0.15, 0.2) is 0 Å². The van der Waals surface area contributed by atoms with Gasteiger partial charge in [0.25, 0.3) is 0 Å². The minimum Gasteiger partial charge on any atom is -0.349 e. The summed E-state index contributed by atoms with van der Waals surface area (Å²) >= 11 is 0. The fraction of sp³-hybridized carbons (Fsp3) is 1.00. The number of nitrogens with one attached hydrogen (secondary N) is 1. The lowest BCUT2D eigenvalue weighted by Gasteiger charge is -2.25. The first kappa shape index (κ1) is 12.8. The molecule has 0 bridgehead atoms. The molecule has 0 saturated carbocycles. The van der Waals surface area contributed by atoms with Crippen molar-refractivity contribution in [2.45, 2.75) is 26.6 Å². The molecule has 4 nitrogen and oxygen atoms in total. The van der Waals surface area contributed by atoms with Crippen LogP contribution in [0.2, 0.25) is 0 Å². The SMILES string of the molecule is CCNCCOC(C)(C)OCCN. The van der Waals surface area contributed by atoms with Crippen LogP contribution in [0.1, 0.15) is 20.8 Å². The molecule has 0 atom stereocenters. The predicted molar refractivity (Wildman–Crippen MR) is 53.6 cm³/mol. The Balaban J connectivity index is 3.39. The zero-order chi connectivity index (χ0) is 10.2. The highest BCUT2D eigenvalue weighted by atomic mass is 16.7. The van der Waals surface area contributed by atoms with E-state index in [1.807, 2.05) is 13.8 Å². The smallest absolute Gasteiger partial charge is 0.162 e. The summed E-state index contributed by atoms with van der Waals surface area (Å²) in [6.07, 6.45) is 0. The van der Waals surface area contributed by atoms with Crippen molar-refractivity contribution < 1.29 is 9.47 Å². The van der Waals surface area contributed by atoms with Gasteiger partial charge in [0.2, 0.25) is 0 Å². The molecule has 0 aromatic carbocycles. The van der Waals surface area contributed by atoms with E-state index in [0.717, 1.165) is 13.1 Å². The summed E-state index contributed by atoms with van der Waals surface area (Å²) in [5, 5.41) is 3.17. The van der Waals surface area contributed by atoms with Gasteiger partial charge in [-0.25, -0.2) is 0 Å². The molecule has 80 valence electrons. The van der Waals surface area contributed by atoms with E-state index >= 15 is 0 Å². The molecule has 0 radical (unpaired) electrons. The van der Waals surface area contributed by atoms with E-state index in [1.165, 1.54) is 0 Å². The number of hydrogen-bond acceptors (Lipinski definition) is 4. The fourth-order valence-corrected chi connectivity index (χ4v) is 0.892. The number of likely N-dealkylation sites (N-methyl/N-ethyl adjacent to an activating group) is 1. The maximum atomic E-state index is 5.49. The highest BCUT2D eigenvalue weighted by molar-refractivity contribution is 4.54. The van der Waals surface area contributed by atoms with Crippen molar-refractivity contribution in [1.29, 1.82) is 0 Å². The van der Waals surface area contributed by atoms with E-state index in [2.05, 4.69) is 12.2 Å². The number of rotatable bonds is 8. The highest BCUT2D eigenvalue weighted by Crippen LogP contribution is 2.09. The van der Waals surface area contributed by atoms with Gasteiger partial charge in [-0.05, 0) is 20.4 Å². The van der Waals surface area contributed by atoms with E-state index in [9.17, 15) is 0 Å². The third-order valence-corrected chi connectivity index (χ3v) is 1.55. The third kappa shape index (κ3) is 8.18. The van der Waals surface area contributed by atoms with Gasteiger partial charge in [-0.3, -0.25) is 0 Å². The summed E-state index contributed by atoms with van der Waals surface area (Å²) in [6, 6.07) is 0. The fourth-order valence-electron chi connectivity index (χ4n) is 0.892. The van der Waals surface area contributed by atoms with Crippen LogP contribution < -0.4 is 11.1 Å². The lowest BCUT2D eigenvalue weighted by molar-refractivity contribution is -0.210. The number of nitrogens with two attached hydrogens (primary N) is 1.